The molecule has 0 bridgehead atoms. The van der Waals surface area contributed by atoms with E-state index in [1.165, 1.54) is 24.1 Å². The van der Waals surface area contributed by atoms with Gasteiger partial charge in [0, 0.05) is 7.05 Å². The fourth-order valence-corrected chi connectivity index (χ4v) is 2.06. The minimum absolute atomic E-state index is 0.0282. The van der Waals surface area contributed by atoms with E-state index in [-0.39, 0.29) is 22.6 Å². The highest BCUT2D eigenvalue weighted by atomic mass is 16.4. The summed E-state index contributed by atoms with van der Waals surface area (Å²) in [4.78, 5) is 24.9. The average Bonchev–Trinajstić information content (AvgIpc) is 2.48. The van der Waals surface area contributed by atoms with Gasteiger partial charge in [0.15, 0.2) is 0 Å². The van der Waals surface area contributed by atoms with Crippen molar-refractivity contribution in [3.63, 3.8) is 0 Å². The van der Waals surface area contributed by atoms with Crippen LogP contribution in [0.25, 0.3) is 0 Å². The van der Waals surface area contributed by atoms with Gasteiger partial charge in [-0.25, -0.2) is 4.79 Å². The molecule has 0 spiro atoms. The fraction of sp³-hybridized carbons (Fsp3) is 0.125. The van der Waals surface area contributed by atoms with Crippen molar-refractivity contribution >= 4 is 17.6 Å². The van der Waals surface area contributed by atoms with Gasteiger partial charge >= 0.3 is 5.97 Å². The minimum Gasteiger partial charge on any atom is -0.507 e. The van der Waals surface area contributed by atoms with E-state index in [0.29, 0.717) is 0 Å². The van der Waals surface area contributed by atoms with E-state index >= 15 is 0 Å². The molecule has 2 N–H and O–H groups in total. The van der Waals surface area contributed by atoms with Crippen LogP contribution < -0.4 is 4.90 Å². The Morgan fingerprint density at radius 2 is 1.71 bits per heavy atom. The first-order valence-electron chi connectivity index (χ1n) is 6.32. The maximum atomic E-state index is 12.5. The third kappa shape index (κ3) is 2.86. The Bertz CT molecular complexity index is 709. The van der Waals surface area contributed by atoms with Crippen molar-refractivity contribution in [2.24, 2.45) is 0 Å². The molecule has 1 amide bonds. The van der Waals surface area contributed by atoms with Crippen LogP contribution in [0, 0.1) is 6.92 Å². The molecule has 0 aromatic heterocycles. The van der Waals surface area contributed by atoms with Crippen LogP contribution in [0.3, 0.4) is 0 Å². The lowest BCUT2D eigenvalue weighted by atomic mass is 10.1. The van der Waals surface area contributed by atoms with Gasteiger partial charge in [-0.15, -0.1) is 0 Å². The number of aromatic carboxylic acids is 1. The second kappa shape index (κ2) is 5.66. The summed E-state index contributed by atoms with van der Waals surface area (Å²) in [7, 11) is 1.48. The second-order valence-corrected chi connectivity index (χ2v) is 4.71. The largest absolute Gasteiger partial charge is 0.507 e. The molecule has 0 radical (unpaired) electrons. The molecule has 108 valence electrons. The smallest absolute Gasteiger partial charge is 0.337 e. The first kappa shape index (κ1) is 14.6. The van der Waals surface area contributed by atoms with E-state index in [0.717, 1.165) is 5.56 Å². The lowest BCUT2D eigenvalue weighted by Crippen LogP contribution is -2.28. The quantitative estimate of drug-likeness (QED) is 0.908. The van der Waals surface area contributed by atoms with E-state index in [1.807, 2.05) is 0 Å². The van der Waals surface area contributed by atoms with Gasteiger partial charge in [0.05, 0.1) is 16.8 Å². The summed E-state index contributed by atoms with van der Waals surface area (Å²) in [6.07, 6.45) is 0. The van der Waals surface area contributed by atoms with Crippen LogP contribution in [0.4, 0.5) is 5.69 Å². The number of rotatable bonds is 3. The molecular formula is C16H15NO4. The zero-order valence-corrected chi connectivity index (χ0v) is 11.7. The lowest BCUT2D eigenvalue weighted by Gasteiger charge is -2.20. The molecule has 5 nitrogen and oxygen atoms in total. The molecule has 0 saturated carbocycles. The summed E-state index contributed by atoms with van der Waals surface area (Å²) >= 11 is 0. The fourth-order valence-electron chi connectivity index (χ4n) is 2.06. The van der Waals surface area contributed by atoms with Gasteiger partial charge in [-0.2, -0.15) is 0 Å². The Hall–Kier alpha value is -2.82. The molecule has 0 saturated heterocycles. The molecule has 0 aliphatic heterocycles. The van der Waals surface area contributed by atoms with Crippen LogP contribution in [0.15, 0.2) is 42.5 Å². The standard InChI is InChI=1S/C16H15NO4/c1-10-7-8-14(18)12(9-10)15(19)17(2)13-6-4-3-5-11(13)16(20)21/h3-9,18H,1-2H3,(H,20,21). The Labute approximate surface area is 122 Å². The highest BCUT2D eigenvalue weighted by molar-refractivity contribution is 6.10. The van der Waals surface area contributed by atoms with E-state index < -0.39 is 11.9 Å². The van der Waals surface area contributed by atoms with Crippen molar-refractivity contribution in [3.05, 3.63) is 59.2 Å². The van der Waals surface area contributed by atoms with Gasteiger partial charge in [-0.05, 0) is 31.2 Å². The number of carboxylic acid groups (broad SMARTS) is 1. The first-order valence-corrected chi connectivity index (χ1v) is 6.32. The number of carboxylic acids is 1. The summed E-state index contributed by atoms with van der Waals surface area (Å²) in [6.45, 7) is 1.81. The number of phenolic OH excluding ortho intramolecular Hbond substituents is 1. The van der Waals surface area contributed by atoms with Gasteiger partial charge in [-0.3, -0.25) is 4.79 Å². The molecule has 0 aliphatic rings. The predicted octanol–water partition coefficient (Wildman–Crippen LogP) is 2.68. The zero-order valence-electron chi connectivity index (χ0n) is 11.7. The van der Waals surface area contributed by atoms with Crippen LogP contribution in [0.2, 0.25) is 0 Å². The third-order valence-corrected chi connectivity index (χ3v) is 3.18. The molecule has 2 aromatic carbocycles. The van der Waals surface area contributed by atoms with Crippen LogP contribution in [-0.2, 0) is 0 Å². The summed E-state index contributed by atoms with van der Waals surface area (Å²) in [6, 6.07) is 10.9. The van der Waals surface area contributed by atoms with E-state index in [2.05, 4.69) is 0 Å². The van der Waals surface area contributed by atoms with Crippen molar-refractivity contribution in [1.29, 1.82) is 0 Å². The number of amides is 1. The van der Waals surface area contributed by atoms with Crippen LogP contribution in [-0.4, -0.2) is 29.1 Å². The maximum absolute atomic E-state index is 12.5. The number of para-hydroxylation sites is 1. The number of carbonyl (C=O) groups is 2. The molecule has 0 atom stereocenters. The maximum Gasteiger partial charge on any atom is 0.337 e. The van der Waals surface area contributed by atoms with E-state index in [4.69, 9.17) is 0 Å². The van der Waals surface area contributed by atoms with Crippen molar-refractivity contribution in [2.45, 2.75) is 6.92 Å². The third-order valence-electron chi connectivity index (χ3n) is 3.18. The molecule has 2 aromatic rings. The zero-order chi connectivity index (χ0) is 15.6. The molecule has 0 fully saturated rings. The number of carbonyl (C=O) groups excluding carboxylic acids is 1. The molecule has 5 heteroatoms. The van der Waals surface area contributed by atoms with Crippen molar-refractivity contribution < 1.29 is 19.8 Å². The van der Waals surface area contributed by atoms with Crippen molar-refractivity contribution in [2.75, 3.05) is 11.9 Å². The molecular weight excluding hydrogens is 270 g/mol. The van der Waals surface area contributed by atoms with E-state index in [9.17, 15) is 19.8 Å². The van der Waals surface area contributed by atoms with Crippen LogP contribution >= 0.6 is 0 Å². The minimum atomic E-state index is -1.11. The average molecular weight is 285 g/mol. The first-order chi connectivity index (χ1) is 9.91. The SMILES string of the molecule is Cc1ccc(O)c(C(=O)N(C)c2ccccc2C(=O)O)c1. The van der Waals surface area contributed by atoms with Crippen LogP contribution in [0.1, 0.15) is 26.3 Å². The predicted molar refractivity (Wildman–Crippen MR) is 79.0 cm³/mol. The molecule has 0 aliphatic carbocycles. The Morgan fingerprint density at radius 1 is 1.05 bits per heavy atom. The topological polar surface area (TPSA) is 77.8 Å². The number of hydrogen-bond acceptors (Lipinski definition) is 3. The van der Waals surface area contributed by atoms with Crippen LogP contribution in [0.5, 0.6) is 5.75 Å². The molecule has 0 heterocycles. The number of nitrogens with zero attached hydrogens (tertiary/aromatic N) is 1. The highest BCUT2D eigenvalue weighted by Crippen LogP contribution is 2.25. The monoisotopic (exact) mass is 285 g/mol. The number of benzene rings is 2. The highest BCUT2D eigenvalue weighted by Gasteiger charge is 2.21. The molecule has 21 heavy (non-hydrogen) atoms. The van der Waals surface area contributed by atoms with Crippen molar-refractivity contribution in [1.82, 2.24) is 0 Å². The Balaban J connectivity index is 2.45. The number of anilines is 1. The lowest BCUT2D eigenvalue weighted by molar-refractivity contribution is 0.0697. The number of aromatic hydroxyl groups is 1. The second-order valence-electron chi connectivity index (χ2n) is 4.71. The van der Waals surface area contributed by atoms with Gasteiger partial charge in [0.1, 0.15) is 5.75 Å². The number of aryl methyl sites for hydroxylation is 1. The molecule has 2 rings (SSSR count). The summed E-state index contributed by atoms with van der Waals surface area (Å²) in [5, 5.41) is 19.0. The van der Waals surface area contributed by atoms with E-state index in [1.54, 1.807) is 37.3 Å². The Kier molecular flexibility index (Phi) is 3.93. The number of hydrogen-bond donors (Lipinski definition) is 2. The number of phenols is 1. The van der Waals surface area contributed by atoms with Gasteiger partial charge in [-0.1, -0.05) is 23.8 Å². The van der Waals surface area contributed by atoms with Gasteiger partial charge in [0.2, 0.25) is 0 Å². The molecule has 0 unspecified atom stereocenters. The Morgan fingerprint density at radius 3 is 2.38 bits per heavy atom. The summed E-state index contributed by atoms with van der Waals surface area (Å²) in [5.74, 6) is -1.71. The van der Waals surface area contributed by atoms with Gasteiger partial charge < -0.3 is 15.1 Å². The normalized spacial score (nSPS) is 10.2. The summed E-state index contributed by atoms with van der Waals surface area (Å²) < 4.78 is 0. The van der Waals surface area contributed by atoms with Crippen molar-refractivity contribution in [3.8, 4) is 5.75 Å². The summed E-state index contributed by atoms with van der Waals surface area (Å²) in [5.41, 5.74) is 1.27. The van der Waals surface area contributed by atoms with Gasteiger partial charge in [0.25, 0.3) is 5.91 Å².